The highest BCUT2D eigenvalue weighted by molar-refractivity contribution is 5.85. The number of nitrogens with zero attached hydrogens (tertiary/aromatic N) is 2. The average molecular weight is 453 g/mol. The van der Waals surface area contributed by atoms with Crippen LogP contribution in [0.2, 0.25) is 0 Å². The lowest BCUT2D eigenvalue weighted by molar-refractivity contribution is -0.139. The summed E-state index contributed by atoms with van der Waals surface area (Å²) in [7, 11) is 0. The molecule has 1 aromatic carbocycles. The number of benzene rings is 1. The second-order valence-electron chi connectivity index (χ2n) is 8.58. The molecule has 2 aromatic rings. The number of rotatable bonds is 13. The number of hydrogen-bond donors (Lipinski definition) is 3. The number of anilines is 1. The molecule has 0 spiro atoms. The highest BCUT2D eigenvalue weighted by atomic mass is 16.4. The van der Waals surface area contributed by atoms with Crippen LogP contribution in [0.3, 0.4) is 0 Å². The van der Waals surface area contributed by atoms with Gasteiger partial charge in [0.2, 0.25) is 11.8 Å². The summed E-state index contributed by atoms with van der Waals surface area (Å²) in [6.45, 7) is -0.0346. The maximum Gasteiger partial charge on any atom is 0.305 e. The first-order valence-corrected chi connectivity index (χ1v) is 11.5. The molecule has 1 aliphatic carbocycles. The van der Waals surface area contributed by atoms with E-state index in [9.17, 15) is 19.5 Å². The van der Waals surface area contributed by atoms with Crippen LogP contribution in [0.25, 0.3) is 0 Å². The predicted octanol–water partition coefficient (Wildman–Crippen LogP) is 2.57. The van der Waals surface area contributed by atoms with Gasteiger partial charge in [-0.2, -0.15) is 0 Å². The number of nitrogen functional groups attached to an aromatic ring is 1. The Labute approximate surface area is 194 Å². The highest BCUT2D eigenvalue weighted by Gasteiger charge is 2.33. The van der Waals surface area contributed by atoms with E-state index in [-0.39, 0.29) is 30.8 Å². The standard InChI is InChI=1S/C25H32N4O4/c26-22-15-19(13-14-27-22)7-4-8-24(31)29(21-11-12-21)17-23(30)28-20(16-25(32)33)10-9-18-5-2-1-3-6-18/h1-3,5-6,13-15,20-21H,4,7-12,16-17H2,(H2,26,27)(H,28,30)(H,32,33). The molecule has 1 saturated carbocycles. The van der Waals surface area contributed by atoms with Gasteiger partial charge in [0.15, 0.2) is 0 Å². The largest absolute Gasteiger partial charge is 0.481 e. The number of aromatic nitrogens is 1. The lowest BCUT2D eigenvalue weighted by Crippen LogP contribution is -2.45. The Balaban J connectivity index is 1.49. The Morgan fingerprint density at radius 3 is 2.55 bits per heavy atom. The fraction of sp³-hybridized carbons (Fsp3) is 0.440. The van der Waals surface area contributed by atoms with Crippen molar-refractivity contribution in [2.24, 2.45) is 0 Å². The van der Waals surface area contributed by atoms with Crippen molar-refractivity contribution in [1.82, 2.24) is 15.2 Å². The molecule has 1 atom stereocenters. The number of hydrogen-bond acceptors (Lipinski definition) is 5. The summed E-state index contributed by atoms with van der Waals surface area (Å²) in [6.07, 6.45) is 6.20. The lowest BCUT2D eigenvalue weighted by atomic mass is 10.0. The minimum atomic E-state index is -0.958. The number of carbonyl (C=O) groups is 3. The lowest BCUT2D eigenvalue weighted by Gasteiger charge is -2.24. The van der Waals surface area contributed by atoms with E-state index in [0.29, 0.717) is 37.9 Å². The topological polar surface area (TPSA) is 126 Å². The molecular weight excluding hydrogens is 420 g/mol. The molecule has 1 aromatic heterocycles. The molecule has 4 N–H and O–H groups in total. The van der Waals surface area contributed by atoms with Crippen molar-refractivity contribution < 1.29 is 19.5 Å². The van der Waals surface area contributed by atoms with Crippen LogP contribution in [-0.2, 0) is 27.2 Å². The summed E-state index contributed by atoms with van der Waals surface area (Å²) in [4.78, 5) is 42.4. The average Bonchev–Trinajstić information content (AvgIpc) is 3.61. The van der Waals surface area contributed by atoms with Gasteiger partial charge in [-0.3, -0.25) is 14.4 Å². The van der Waals surface area contributed by atoms with E-state index >= 15 is 0 Å². The van der Waals surface area contributed by atoms with Crippen molar-refractivity contribution in [3.8, 4) is 0 Å². The van der Waals surface area contributed by atoms with Gasteiger partial charge in [-0.15, -0.1) is 0 Å². The number of aryl methyl sites for hydroxylation is 2. The molecule has 3 rings (SSSR count). The third-order valence-electron chi connectivity index (χ3n) is 5.73. The van der Waals surface area contributed by atoms with E-state index in [1.807, 2.05) is 36.4 Å². The molecule has 8 heteroatoms. The summed E-state index contributed by atoms with van der Waals surface area (Å²) in [6, 6.07) is 13.0. The zero-order valence-electron chi connectivity index (χ0n) is 18.8. The number of carboxylic acids is 1. The van der Waals surface area contributed by atoms with Gasteiger partial charge in [-0.05, 0) is 61.8 Å². The summed E-state index contributed by atoms with van der Waals surface area (Å²) < 4.78 is 0. The summed E-state index contributed by atoms with van der Waals surface area (Å²) in [5.41, 5.74) is 7.82. The van der Waals surface area contributed by atoms with Gasteiger partial charge in [0.1, 0.15) is 5.82 Å². The fourth-order valence-electron chi connectivity index (χ4n) is 3.89. The molecule has 0 saturated heterocycles. The van der Waals surface area contributed by atoms with E-state index in [1.54, 1.807) is 17.2 Å². The van der Waals surface area contributed by atoms with Crippen LogP contribution < -0.4 is 11.1 Å². The van der Waals surface area contributed by atoms with E-state index < -0.39 is 12.0 Å². The van der Waals surface area contributed by atoms with Crippen molar-refractivity contribution in [2.75, 3.05) is 12.3 Å². The quantitative estimate of drug-likeness (QED) is 0.429. The Kier molecular flexibility index (Phi) is 8.80. The summed E-state index contributed by atoms with van der Waals surface area (Å²) >= 11 is 0. The zero-order valence-corrected chi connectivity index (χ0v) is 18.8. The van der Waals surface area contributed by atoms with Crippen LogP contribution in [0.4, 0.5) is 5.82 Å². The van der Waals surface area contributed by atoms with E-state index in [4.69, 9.17) is 5.73 Å². The van der Waals surface area contributed by atoms with Crippen molar-refractivity contribution in [3.05, 3.63) is 59.8 Å². The fourth-order valence-corrected chi connectivity index (χ4v) is 3.89. The molecule has 0 bridgehead atoms. The van der Waals surface area contributed by atoms with Crippen LogP contribution in [0.5, 0.6) is 0 Å². The number of carboxylic acid groups (broad SMARTS) is 1. The minimum absolute atomic E-state index is 0.0346. The van der Waals surface area contributed by atoms with Gasteiger partial charge in [-0.25, -0.2) is 4.98 Å². The summed E-state index contributed by atoms with van der Waals surface area (Å²) in [5, 5.41) is 12.1. The van der Waals surface area contributed by atoms with E-state index in [2.05, 4.69) is 10.3 Å². The maximum atomic E-state index is 12.8. The Bertz CT molecular complexity index is 946. The smallest absolute Gasteiger partial charge is 0.305 e. The second kappa shape index (κ2) is 12.0. The van der Waals surface area contributed by atoms with Crippen molar-refractivity contribution >= 4 is 23.6 Å². The minimum Gasteiger partial charge on any atom is -0.481 e. The van der Waals surface area contributed by atoms with Crippen LogP contribution >= 0.6 is 0 Å². The SMILES string of the molecule is Nc1cc(CCCC(=O)N(CC(=O)NC(CCc2ccccc2)CC(=O)O)C2CC2)ccn1. The third kappa shape index (κ3) is 8.56. The molecule has 1 fully saturated rings. The summed E-state index contributed by atoms with van der Waals surface area (Å²) in [5.74, 6) is -0.858. The van der Waals surface area contributed by atoms with Crippen LogP contribution in [-0.4, -0.2) is 51.4 Å². The normalized spacial score (nSPS) is 13.8. The molecule has 2 amide bonds. The maximum absolute atomic E-state index is 12.8. The van der Waals surface area contributed by atoms with Gasteiger partial charge < -0.3 is 21.1 Å². The second-order valence-corrected chi connectivity index (χ2v) is 8.58. The molecule has 1 heterocycles. The Morgan fingerprint density at radius 2 is 1.88 bits per heavy atom. The van der Waals surface area contributed by atoms with Crippen molar-refractivity contribution in [2.45, 2.75) is 63.5 Å². The number of amides is 2. The first-order valence-electron chi connectivity index (χ1n) is 11.5. The molecule has 176 valence electrons. The van der Waals surface area contributed by atoms with Crippen molar-refractivity contribution in [3.63, 3.8) is 0 Å². The Morgan fingerprint density at radius 1 is 1.12 bits per heavy atom. The van der Waals surface area contributed by atoms with E-state index in [0.717, 1.165) is 24.0 Å². The van der Waals surface area contributed by atoms with Crippen molar-refractivity contribution in [1.29, 1.82) is 0 Å². The monoisotopic (exact) mass is 452 g/mol. The van der Waals surface area contributed by atoms with Gasteiger partial charge in [0, 0.05) is 24.7 Å². The van der Waals surface area contributed by atoms with Crippen LogP contribution in [0.1, 0.15) is 49.7 Å². The van der Waals surface area contributed by atoms with E-state index in [1.165, 1.54) is 0 Å². The van der Waals surface area contributed by atoms with Crippen LogP contribution in [0.15, 0.2) is 48.7 Å². The number of aliphatic carboxylic acids is 1. The third-order valence-corrected chi connectivity index (χ3v) is 5.73. The zero-order chi connectivity index (χ0) is 23.6. The molecule has 33 heavy (non-hydrogen) atoms. The molecule has 0 aliphatic heterocycles. The molecule has 1 aliphatic rings. The van der Waals surface area contributed by atoms with Crippen LogP contribution in [0, 0.1) is 0 Å². The van der Waals surface area contributed by atoms with Gasteiger partial charge in [0.05, 0.1) is 13.0 Å². The Hall–Kier alpha value is -3.42. The highest BCUT2D eigenvalue weighted by Crippen LogP contribution is 2.27. The molecule has 0 radical (unpaired) electrons. The van der Waals surface area contributed by atoms with Gasteiger partial charge >= 0.3 is 5.97 Å². The number of carbonyl (C=O) groups excluding carboxylic acids is 2. The molecular formula is C25H32N4O4. The molecule has 1 unspecified atom stereocenters. The first-order chi connectivity index (χ1) is 15.9. The van der Waals surface area contributed by atoms with Gasteiger partial charge in [0.25, 0.3) is 0 Å². The first kappa shape index (κ1) is 24.2. The molecule has 8 nitrogen and oxygen atoms in total. The predicted molar refractivity (Wildman–Crippen MR) is 125 cm³/mol. The number of pyridine rings is 1. The van der Waals surface area contributed by atoms with Gasteiger partial charge in [-0.1, -0.05) is 30.3 Å². The number of nitrogens with two attached hydrogens (primary N) is 1. The number of nitrogens with one attached hydrogen (secondary N) is 1.